The van der Waals surface area contributed by atoms with Crippen LogP contribution in [0, 0.1) is 0 Å². The van der Waals surface area contributed by atoms with Crippen molar-refractivity contribution in [2.24, 2.45) is 0 Å². The topological polar surface area (TPSA) is 86.5 Å². The van der Waals surface area contributed by atoms with E-state index >= 15 is 0 Å². The number of carbonyl (C=O) groups excluding carboxylic acids is 1. The van der Waals surface area contributed by atoms with Gasteiger partial charge in [-0.05, 0) is 13.0 Å². The van der Waals surface area contributed by atoms with Gasteiger partial charge in [-0.1, -0.05) is 41.3 Å². The Kier molecular flexibility index (Phi) is 6.48. The molecule has 0 unspecified atom stereocenters. The molecule has 0 saturated heterocycles. The van der Waals surface area contributed by atoms with Crippen molar-refractivity contribution in [2.45, 2.75) is 17.0 Å². The quantitative estimate of drug-likeness (QED) is 0.334. The van der Waals surface area contributed by atoms with E-state index in [4.69, 9.17) is 13.9 Å². The van der Waals surface area contributed by atoms with E-state index in [9.17, 15) is 4.79 Å². The molecule has 0 spiro atoms. The standard InChI is InChI=1S/C17H19N3O4S2/c1-3-23-15(21)14-12(11-6-4-5-7-13(11)24-14)10-25-17-20-19-16(26-17)18-8-9-22-2/h4-7H,3,8-10H2,1-2H3,(H,18,19). The Balaban J connectivity index is 1.75. The second-order valence-corrected chi connectivity index (χ2v) is 7.41. The molecule has 7 nitrogen and oxygen atoms in total. The third-order valence-electron chi connectivity index (χ3n) is 3.49. The van der Waals surface area contributed by atoms with Crippen molar-refractivity contribution in [3.8, 4) is 0 Å². The van der Waals surface area contributed by atoms with E-state index < -0.39 is 5.97 Å². The summed E-state index contributed by atoms with van der Waals surface area (Å²) in [6.45, 7) is 3.35. The minimum atomic E-state index is -0.446. The first-order chi connectivity index (χ1) is 12.7. The molecule has 0 atom stereocenters. The van der Waals surface area contributed by atoms with E-state index in [1.165, 1.54) is 23.1 Å². The first kappa shape index (κ1) is 18.7. The summed E-state index contributed by atoms with van der Waals surface area (Å²) in [7, 11) is 1.65. The highest BCUT2D eigenvalue weighted by atomic mass is 32.2. The summed E-state index contributed by atoms with van der Waals surface area (Å²) in [5.41, 5.74) is 1.48. The smallest absolute Gasteiger partial charge is 0.374 e. The molecule has 138 valence electrons. The molecule has 3 rings (SSSR count). The Morgan fingerprint density at radius 3 is 3.00 bits per heavy atom. The summed E-state index contributed by atoms with van der Waals surface area (Å²) in [5, 5.41) is 13.1. The molecule has 2 aromatic heterocycles. The van der Waals surface area contributed by atoms with Crippen LogP contribution < -0.4 is 5.32 Å². The molecule has 26 heavy (non-hydrogen) atoms. The summed E-state index contributed by atoms with van der Waals surface area (Å²) in [5.74, 6) is 0.347. The third-order valence-corrected chi connectivity index (χ3v) is 5.53. The zero-order valence-electron chi connectivity index (χ0n) is 14.5. The molecule has 0 aliphatic heterocycles. The van der Waals surface area contributed by atoms with Crippen molar-refractivity contribution < 1.29 is 18.7 Å². The number of benzene rings is 1. The number of carbonyl (C=O) groups is 1. The van der Waals surface area contributed by atoms with Gasteiger partial charge in [0.25, 0.3) is 0 Å². The van der Waals surface area contributed by atoms with Crippen LogP contribution in [0.3, 0.4) is 0 Å². The number of anilines is 1. The number of aromatic nitrogens is 2. The van der Waals surface area contributed by atoms with Gasteiger partial charge in [-0.2, -0.15) is 0 Å². The summed E-state index contributed by atoms with van der Waals surface area (Å²) in [6, 6.07) is 7.58. The Hall–Kier alpha value is -2.10. The molecule has 3 aromatic rings. The summed E-state index contributed by atoms with van der Waals surface area (Å²) >= 11 is 2.97. The van der Waals surface area contributed by atoms with E-state index in [-0.39, 0.29) is 5.76 Å². The van der Waals surface area contributed by atoms with E-state index in [0.717, 1.165) is 20.4 Å². The number of nitrogens with one attached hydrogen (secondary N) is 1. The van der Waals surface area contributed by atoms with Gasteiger partial charge >= 0.3 is 5.97 Å². The Labute approximate surface area is 159 Å². The van der Waals surface area contributed by atoms with Gasteiger partial charge in [0.05, 0.1) is 13.2 Å². The SMILES string of the molecule is CCOC(=O)c1oc2ccccc2c1CSc1nnc(NCCOC)s1. The van der Waals surface area contributed by atoms with Gasteiger partial charge in [0.1, 0.15) is 5.58 Å². The third kappa shape index (κ3) is 4.35. The molecule has 0 saturated carbocycles. The number of furan rings is 1. The lowest BCUT2D eigenvalue weighted by Crippen LogP contribution is -2.06. The molecule has 0 radical (unpaired) electrons. The molecule has 0 aliphatic rings. The van der Waals surface area contributed by atoms with E-state index in [0.29, 0.717) is 31.1 Å². The fraction of sp³-hybridized carbons (Fsp3) is 0.353. The number of thioether (sulfide) groups is 1. The van der Waals surface area contributed by atoms with Crippen molar-refractivity contribution in [1.82, 2.24) is 10.2 Å². The number of esters is 1. The zero-order chi connectivity index (χ0) is 18.4. The average Bonchev–Trinajstić information content (AvgIpc) is 3.25. The average molecular weight is 393 g/mol. The van der Waals surface area contributed by atoms with Gasteiger partial charge in [-0.3, -0.25) is 0 Å². The number of hydrogen-bond donors (Lipinski definition) is 1. The van der Waals surface area contributed by atoms with Crippen LogP contribution in [0.4, 0.5) is 5.13 Å². The van der Waals surface area contributed by atoms with Crippen molar-refractivity contribution in [1.29, 1.82) is 0 Å². The lowest BCUT2D eigenvalue weighted by atomic mass is 10.1. The van der Waals surface area contributed by atoms with Crippen LogP contribution in [0.1, 0.15) is 23.0 Å². The lowest BCUT2D eigenvalue weighted by molar-refractivity contribution is 0.0491. The molecule has 2 heterocycles. The second-order valence-electron chi connectivity index (χ2n) is 5.21. The van der Waals surface area contributed by atoms with Gasteiger partial charge in [0.15, 0.2) is 4.34 Å². The molecule has 1 aromatic carbocycles. The van der Waals surface area contributed by atoms with Crippen LogP contribution in [0.5, 0.6) is 0 Å². The summed E-state index contributed by atoms with van der Waals surface area (Å²) in [4.78, 5) is 12.2. The number of methoxy groups -OCH3 is 1. The predicted octanol–water partition coefficient (Wildman–Crippen LogP) is 3.81. The van der Waals surface area contributed by atoms with Crippen LogP contribution in [0.2, 0.25) is 0 Å². The van der Waals surface area contributed by atoms with Crippen LogP contribution in [-0.4, -0.2) is 43.0 Å². The molecule has 9 heteroatoms. The molecular weight excluding hydrogens is 374 g/mol. The van der Waals surface area contributed by atoms with Crippen molar-refractivity contribution >= 4 is 45.2 Å². The highest BCUT2D eigenvalue weighted by molar-refractivity contribution is 8.00. The van der Waals surface area contributed by atoms with Gasteiger partial charge in [-0.15, -0.1) is 10.2 Å². The first-order valence-electron chi connectivity index (χ1n) is 8.09. The summed E-state index contributed by atoms with van der Waals surface area (Å²) in [6.07, 6.45) is 0. The lowest BCUT2D eigenvalue weighted by Gasteiger charge is -2.02. The van der Waals surface area contributed by atoms with E-state index in [1.807, 2.05) is 24.3 Å². The number of ether oxygens (including phenoxy) is 2. The van der Waals surface area contributed by atoms with Crippen LogP contribution >= 0.6 is 23.1 Å². The number of hydrogen-bond acceptors (Lipinski definition) is 9. The number of fused-ring (bicyclic) bond motifs is 1. The number of rotatable bonds is 9. The summed E-state index contributed by atoms with van der Waals surface area (Å²) < 4.78 is 16.7. The first-order valence-corrected chi connectivity index (χ1v) is 9.89. The normalized spacial score (nSPS) is 11.0. The molecule has 0 aliphatic carbocycles. The molecule has 0 bridgehead atoms. The number of para-hydroxylation sites is 1. The monoisotopic (exact) mass is 393 g/mol. The number of nitrogens with zero attached hydrogens (tertiary/aromatic N) is 2. The maximum absolute atomic E-state index is 12.2. The van der Waals surface area contributed by atoms with Crippen LogP contribution in [0.15, 0.2) is 33.0 Å². The Bertz CT molecular complexity index is 878. The van der Waals surface area contributed by atoms with Crippen LogP contribution in [-0.2, 0) is 15.2 Å². The van der Waals surface area contributed by atoms with Gasteiger partial charge in [-0.25, -0.2) is 4.79 Å². The van der Waals surface area contributed by atoms with Crippen molar-refractivity contribution in [3.63, 3.8) is 0 Å². The molecule has 1 N–H and O–H groups in total. The molecular formula is C17H19N3O4S2. The molecule has 0 fully saturated rings. The zero-order valence-corrected chi connectivity index (χ0v) is 16.1. The van der Waals surface area contributed by atoms with Gasteiger partial charge < -0.3 is 19.2 Å². The Morgan fingerprint density at radius 1 is 1.35 bits per heavy atom. The predicted molar refractivity (Wildman–Crippen MR) is 102 cm³/mol. The van der Waals surface area contributed by atoms with Gasteiger partial charge in [0, 0.05) is 30.4 Å². The minimum Gasteiger partial charge on any atom is -0.460 e. The maximum Gasteiger partial charge on any atom is 0.374 e. The fourth-order valence-electron chi connectivity index (χ4n) is 2.34. The highest BCUT2D eigenvalue weighted by Crippen LogP contribution is 2.34. The Morgan fingerprint density at radius 2 is 2.19 bits per heavy atom. The van der Waals surface area contributed by atoms with Gasteiger partial charge in [0.2, 0.25) is 10.9 Å². The fourth-order valence-corrected chi connectivity index (χ4v) is 4.14. The largest absolute Gasteiger partial charge is 0.460 e. The van der Waals surface area contributed by atoms with E-state index in [2.05, 4.69) is 15.5 Å². The highest BCUT2D eigenvalue weighted by Gasteiger charge is 2.22. The van der Waals surface area contributed by atoms with Crippen molar-refractivity contribution in [2.75, 3.05) is 32.2 Å². The van der Waals surface area contributed by atoms with E-state index in [1.54, 1.807) is 14.0 Å². The van der Waals surface area contributed by atoms with Crippen molar-refractivity contribution in [3.05, 3.63) is 35.6 Å². The minimum absolute atomic E-state index is 0.253. The second kappa shape index (κ2) is 9.02. The van der Waals surface area contributed by atoms with Crippen LogP contribution in [0.25, 0.3) is 11.0 Å². The molecule has 0 amide bonds. The maximum atomic E-state index is 12.2.